The summed E-state index contributed by atoms with van der Waals surface area (Å²) in [5.74, 6) is 0.849. The molecule has 1 heterocycles. The number of esters is 1. The summed E-state index contributed by atoms with van der Waals surface area (Å²) < 4.78 is 15.8. The zero-order valence-electron chi connectivity index (χ0n) is 11.3. The number of carbonyl (C=O) groups excluding carboxylic acids is 1. The van der Waals surface area contributed by atoms with Gasteiger partial charge >= 0.3 is 5.97 Å². The van der Waals surface area contributed by atoms with E-state index in [9.17, 15) is 4.79 Å². The molecule has 0 amide bonds. The minimum Gasteiger partial charge on any atom is -0.497 e. The molecular formula is C14H16BrNO4. The number of halogens is 1. The summed E-state index contributed by atoms with van der Waals surface area (Å²) >= 11 is 3.33. The van der Waals surface area contributed by atoms with E-state index in [1.54, 1.807) is 14.0 Å². The van der Waals surface area contributed by atoms with Crippen LogP contribution in [0.2, 0.25) is 0 Å². The molecular weight excluding hydrogens is 326 g/mol. The highest BCUT2D eigenvalue weighted by Crippen LogP contribution is 2.22. The summed E-state index contributed by atoms with van der Waals surface area (Å²) in [5, 5.41) is 0.514. The third-order valence-electron chi connectivity index (χ3n) is 2.89. The number of alkyl halides is 1. The Morgan fingerprint density at radius 1 is 1.40 bits per heavy atom. The van der Waals surface area contributed by atoms with Crippen LogP contribution in [0.25, 0.3) is 0 Å². The third kappa shape index (κ3) is 3.12. The molecule has 1 aliphatic rings. The van der Waals surface area contributed by atoms with Crippen LogP contribution in [0.1, 0.15) is 12.5 Å². The van der Waals surface area contributed by atoms with Crippen molar-refractivity contribution in [1.82, 2.24) is 0 Å². The number of nitrogens with zero attached hydrogens (tertiary/aromatic N) is 1. The third-order valence-corrected chi connectivity index (χ3v) is 3.53. The fourth-order valence-electron chi connectivity index (χ4n) is 1.87. The van der Waals surface area contributed by atoms with Gasteiger partial charge in [0, 0.05) is 10.9 Å². The summed E-state index contributed by atoms with van der Waals surface area (Å²) in [6.45, 7) is 2.10. The predicted molar refractivity (Wildman–Crippen MR) is 78.6 cm³/mol. The van der Waals surface area contributed by atoms with E-state index in [2.05, 4.69) is 20.9 Å². The minimum absolute atomic E-state index is 0.331. The molecule has 2 rings (SSSR count). The topological polar surface area (TPSA) is 57.1 Å². The molecule has 6 heteroatoms. The van der Waals surface area contributed by atoms with Crippen LogP contribution in [-0.2, 0) is 14.3 Å². The van der Waals surface area contributed by atoms with Gasteiger partial charge in [-0.1, -0.05) is 15.9 Å². The van der Waals surface area contributed by atoms with Gasteiger partial charge in [0.05, 0.1) is 13.7 Å². The first kappa shape index (κ1) is 14.8. The number of ether oxygens (including phenoxy) is 3. The molecule has 5 nitrogen and oxygen atoms in total. The lowest BCUT2D eigenvalue weighted by molar-refractivity contribution is -0.145. The van der Waals surface area contributed by atoms with Crippen LogP contribution >= 0.6 is 15.9 Å². The SMILES string of the molecule is CCOC(=O)C1N=C(c2ccc(OC)cc2)OC1CBr. The molecule has 1 aromatic rings. The van der Waals surface area contributed by atoms with Gasteiger partial charge in [-0.15, -0.1) is 0 Å². The zero-order chi connectivity index (χ0) is 14.5. The molecule has 0 radical (unpaired) electrons. The minimum atomic E-state index is -0.619. The summed E-state index contributed by atoms with van der Waals surface area (Å²) in [6.07, 6.45) is -0.342. The van der Waals surface area contributed by atoms with Gasteiger partial charge in [-0.25, -0.2) is 9.79 Å². The molecule has 1 aliphatic heterocycles. The monoisotopic (exact) mass is 341 g/mol. The van der Waals surface area contributed by atoms with Crippen LogP contribution in [-0.4, -0.2) is 43.1 Å². The lowest BCUT2D eigenvalue weighted by atomic mass is 10.2. The van der Waals surface area contributed by atoms with Crippen molar-refractivity contribution in [2.24, 2.45) is 4.99 Å². The smallest absolute Gasteiger partial charge is 0.334 e. The highest BCUT2D eigenvalue weighted by atomic mass is 79.9. The van der Waals surface area contributed by atoms with Gasteiger partial charge in [0.25, 0.3) is 0 Å². The summed E-state index contributed by atoms with van der Waals surface area (Å²) in [6, 6.07) is 6.71. The Balaban J connectivity index is 2.19. The normalized spacial score (nSPS) is 21.1. The molecule has 2 unspecified atom stereocenters. The summed E-state index contributed by atoms with van der Waals surface area (Å²) in [5.41, 5.74) is 0.809. The van der Waals surface area contributed by atoms with Crippen molar-refractivity contribution in [3.05, 3.63) is 29.8 Å². The molecule has 0 fully saturated rings. The molecule has 0 N–H and O–H groups in total. The predicted octanol–water partition coefficient (Wildman–Crippen LogP) is 2.17. The van der Waals surface area contributed by atoms with Gasteiger partial charge in [-0.2, -0.15) is 0 Å². The molecule has 0 saturated carbocycles. The van der Waals surface area contributed by atoms with Crippen molar-refractivity contribution in [2.75, 3.05) is 19.0 Å². The Morgan fingerprint density at radius 3 is 2.65 bits per heavy atom. The fourth-order valence-corrected chi connectivity index (χ4v) is 2.36. The molecule has 20 heavy (non-hydrogen) atoms. The molecule has 0 saturated heterocycles. The Morgan fingerprint density at radius 2 is 2.10 bits per heavy atom. The quantitative estimate of drug-likeness (QED) is 0.608. The van der Waals surface area contributed by atoms with E-state index in [0.29, 0.717) is 17.8 Å². The van der Waals surface area contributed by atoms with E-state index in [1.165, 1.54) is 0 Å². The van der Waals surface area contributed by atoms with Crippen molar-refractivity contribution >= 4 is 27.8 Å². The molecule has 0 bridgehead atoms. The van der Waals surface area contributed by atoms with Gasteiger partial charge in [0.15, 0.2) is 6.04 Å². The first-order chi connectivity index (χ1) is 9.69. The number of hydrogen-bond acceptors (Lipinski definition) is 5. The lowest BCUT2D eigenvalue weighted by Gasteiger charge is -2.13. The Kier molecular flexibility index (Phi) is 5.00. The number of rotatable bonds is 5. The number of benzene rings is 1. The molecule has 0 aromatic heterocycles. The summed E-state index contributed by atoms with van der Waals surface area (Å²) in [4.78, 5) is 16.2. The molecule has 0 spiro atoms. The largest absolute Gasteiger partial charge is 0.497 e. The summed E-state index contributed by atoms with van der Waals surface area (Å²) in [7, 11) is 1.61. The lowest BCUT2D eigenvalue weighted by Crippen LogP contribution is -2.33. The van der Waals surface area contributed by atoms with Gasteiger partial charge in [0.1, 0.15) is 11.9 Å². The van der Waals surface area contributed by atoms with Crippen LogP contribution in [0.5, 0.6) is 5.75 Å². The average Bonchev–Trinajstić information content (AvgIpc) is 2.92. The van der Waals surface area contributed by atoms with Crippen LogP contribution in [0, 0.1) is 0 Å². The van der Waals surface area contributed by atoms with Gasteiger partial charge in [0.2, 0.25) is 5.90 Å². The highest BCUT2D eigenvalue weighted by Gasteiger charge is 2.37. The Hall–Kier alpha value is -1.56. The van der Waals surface area contributed by atoms with Crippen molar-refractivity contribution in [2.45, 2.75) is 19.1 Å². The number of carbonyl (C=O) groups is 1. The van der Waals surface area contributed by atoms with E-state index >= 15 is 0 Å². The average molecular weight is 342 g/mol. The first-order valence-electron chi connectivity index (χ1n) is 6.31. The van der Waals surface area contributed by atoms with E-state index in [1.807, 2.05) is 24.3 Å². The van der Waals surface area contributed by atoms with Crippen molar-refractivity contribution < 1.29 is 19.0 Å². The van der Waals surface area contributed by atoms with Crippen LogP contribution in [0.4, 0.5) is 0 Å². The van der Waals surface area contributed by atoms with Gasteiger partial charge in [-0.3, -0.25) is 0 Å². The van der Waals surface area contributed by atoms with E-state index in [4.69, 9.17) is 14.2 Å². The second-order valence-corrected chi connectivity index (χ2v) is 4.82. The van der Waals surface area contributed by atoms with Crippen molar-refractivity contribution in [3.63, 3.8) is 0 Å². The number of hydrogen-bond donors (Lipinski definition) is 0. The Labute approximate surface area is 126 Å². The zero-order valence-corrected chi connectivity index (χ0v) is 12.9. The standard InChI is InChI=1S/C14H16BrNO4/c1-3-19-14(17)12-11(8-15)20-13(16-12)9-4-6-10(18-2)7-5-9/h4-7,11-12H,3,8H2,1-2H3. The van der Waals surface area contributed by atoms with E-state index in [-0.39, 0.29) is 12.1 Å². The maximum atomic E-state index is 11.8. The van der Waals surface area contributed by atoms with Crippen molar-refractivity contribution in [1.29, 1.82) is 0 Å². The maximum absolute atomic E-state index is 11.8. The molecule has 1 aromatic carbocycles. The molecule has 2 atom stereocenters. The first-order valence-corrected chi connectivity index (χ1v) is 7.43. The highest BCUT2D eigenvalue weighted by molar-refractivity contribution is 9.09. The maximum Gasteiger partial charge on any atom is 0.334 e. The van der Waals surface area contributed by atoms with E-state index < -0.39 is 6.04 Å². The van der Waals surface area contributed by atoms with Crippen molar-refractivity contribution in [3.8, 4) is 5.75 Å². The number of methoxy groups -OCH3 is 1. The molecule has 108 valence electrons. The Bertz CT molecular complexity index is 500. The van der Waals surface area contributed by atoms with Crippen LogP contribution < -0.4 is 4.74 Å². The molecule has 0 aliphatic carbocycles. The van der Waals surface area contributed by atoms with Crippen LogP contribution in [0.3, 0.4) is 0 Å². The van der Waals surface area contributed by atoms with Gasteiger partial charge < -0.3 is 14.2 Å². The number of aliphatic imine (C=N–C) groups is 1. The second-order valence-electron chi connectivity index (χ2n) is 4.17. The van der Waals surface area contributed by atoms with Crippen LogP contribution in [0.15, 0.2) is 29.3 Å². The van der Waals surface area contributed by atoms with Gasteiger partial charge in [-0.05, 0) is 31.2 Å². The van der Waals surface area contributed by atoms with E-state index in [0.717, 1.165) is 11.3 Å². The fraction of sp³-hybridized carbons (Fsp3) is 0.429. The second kappa shape index (κ2) is 6.74.